The maximum Gasteiger partial charge on any atom is 0.164 e. The van der Waals surface area contributed by atoms with Crippen molar-refractivity contribution in [3.8, 4) is 0 Å². The van der Waals surface area contributed by atoms with Crippen LogP contribution in [0, 0.1) is 11.6 Å². The molecule has 2 fully saturated rings. The third-order valence-corrected chi connectivity index (χ3v) is 5.24. The Hall–Kier alpha value is -1.00. The van der Waals surface area contributed by atoms with Gasteiger partial charge in [0, 0.05) is 5.56 Å². The maximum absolute atomic E-state index is 14.1. The average molecular weight is 295 g/mol. The van der Waals surface area contributed by atoms with E-state index in [2.05, 4.69) is 4.90 Å². The van der Waals surface area contributed by atoms with E-state index in [1.807, 2.05) is 0 Å². The maximum atomic E-state index is 14.1. The molecule has 1 unspecified atom stereocenters. The van der Waals surface area contributed by atoms with Gasteiger partial charge in [-0.05, 0) is 44.8 Å². The summed E-state index contributed by atoms with van der Waals surface area (Å²) in [4.78, 5) is 2.33. The third kappa shape index (κ3) is 2.59. The van der Waals surface area contributed by atoms with Crippen molar-refractivity contribution >= 4 is 0 Å². The van der Waals surface area contributed by atoms with Crippen LogP contribution in [0.1, 0.15) is 56.6 Å². The van der Waals surface area contributed by atoms with Crippen molar-refractivity contribution in [2.24, 2.45) is 0 Å². The number of piperidine rings is 1. The van der Waals surface area contributed by atoms with Crippen molar-refractivity contribution in [1.29, 1.82) is 0 Å². The molecule has 0 aromatic heterocycles. The molecule has 0 radical (unpaired) electrons. The Morgan fingerprint density at radius 1 is 1.00 bits per heavy atom. The van der Waals surface area contributed by atoms with Crippen molar-refractivity contribution in [3.05, 3.63) is 35.4 Å². The SMILES string of the molecule is OC(c1cccc(F)c1F)C1(N2CCCCC2)CCCC1. The molecule has 116 valence electrons. The zero-order valence-corrected chi connectivity index (χ0v) is 12.3. The van der Waals surface area contributed by atoms with Crippen LogP contribution in [-0.4, -0.2) is 28.6 Å². The highest BCUT2D eigenvalue weighted by molar-refractivity contribution is 5.25. The van der Waals surface area contributed by atoms with Crippen molar-refractivity contribution in [2.75, 3.05) is 13.1 Å². The molecule has 1 atom stereocenters. The van der Waals surface area contributed by atoms with Gasteiger partial charge in [-0.2, -0.15) is 0 Å². The standard InChI is InChI=1S/C17H23F2NO/c18-14-8-6-7-13(15(14)19)16(21)17(9-2-3-10-17)20-11-4-1-5-12-20/h6-8,16,21H,1-5,9-12H2. The minimum Gasteiger partial charge on any atom is -0.386 e. The first-order chi connectivity index (χ1) is 10.1. The van der Waals surface area contributed by atoms with Gasteiger partial charge in [-0.1, -0.05) is 31.4 Å². The van der Waals surface area contributed by atoms with E-state index in [1.165, 1.54) is 18.6 Å². The Morgan fingerprint density at radius 3 is 2.33 bits per heavy atom. The molecule has 0 amide bonds. The van der Waals surface area contributed by atoms with Gasteiger partial charge in [0.1, 0.15) is 6.10 Å². The molecule has 0 spiro atoms. The molecule has 1 aromatic rings. The van der Waals surface area contributed by atoms with Crippen molar-refractivity contribution < 1.29 is 13.9 Å². The molecule has 1 saturated carbocycles. The summed E-state index contributed by atoms with van der Waals surface area (Å²) in [6, 6.07) is 4.11. The van der Waals surface area contributed by atoms with Crippen molar-refractivity contribution in [1.82, 2.24) is 4.90 Å². The summed E-state index contributed by atoms with van der Waals surface area (Å²) >= 11 is 0. The van der Waals surface area contributed by atoms with Crippen molar-refractivity contribution in [2.45, 2.75) is 56.6 Å². The Balaban J connectivity index is 1.94. The number of rotatable bonds is 3. The molecule has 2 nitrogen and oxygen atoms in total. The molecule has 1 saturated heterocycles. The molecule has 21 heavy (non-hydrogen) atoms. The summed E-state index contributed by atoms with van der Waals surface area (Å²) in [5, 5.41) is 10.9. The summed E-state index contributed by atoms with van der Waals surface area (Å²) < 4.78 is 27.6. The molecular weight excluding hydrogens is 272 g/mol. The van der Waals surface area contributed by atoms with Crippen LogP contribution in [0.5, 0.6) is 0 Å². The van der Waals surface area contributed by atoms with E-state index >= 15 is 0 Å². The highest BCUT2D eigenvalue weighted by Gasteiger charge is 2.47. The van der Waals surface area contributed by atoms with Gasteiger partial charge in [-0.25, -0.2) is 8.78 Å². The number of nitrogens with zero attached hydrogens (tertiary/aromatic N) is 1. The molecule has 1 aromatic carbocycles. The Bertz CT molecular complexity index is 494. The minimum absolute atomic E-state index is 0.113. The fraction of sp³-hybridized carbons (Fsp3) is 0.647. The van der Waals surface area contributed by atoms with Crippen LogP contribution in [0.3, 0.4) is 0 Å². The molecule has 1 aliphatic heterocycles. The van der Waals surface area contributed by atoms with Gasteiger partial charge < -0.3 is 5.11 Å². The number of hydrogen-bond donors (Lipinski definition) is 1. The fourth-order valence-electron chi connectivity index (χ4n) is 4.11. The van der Waals surface area contributed by atoms with Crippen LogP contribution in [0.4, 0.5) is 8.78 Å². The number of halogens is 2. The Morgan fingerprint density at radius 2 is 1.67 bits per heavy atom. The summed E-state index contributed by atoms with van der Waals surface area (Å²) in [6.07, 6.45) is 6.34. The van der Waals surface area contributed by atoms with E-state index in [0.717, 1.165) is 57.7 Å². The monoisotopic (exact) mass is 295 g/mol. The molecular formula is C17H23F2NO. The molecule has 0 bridgehead atoms. The summed E-state index contributed by atoms with van der Waals surface area (Å²) in [5.74, 6) is -1.77. The number of aliphatic hydroxyl groups is 1. The molecule has 1 aliphatic carbocycles. The van der Waals surface area contributed by atoms with Crippen LogP contribution >= 0.6 is 0 Å². The van der Waals surface area contributed by atoms with Gasteiger partial charge in [0.15, 0.2) is 11.6 Å². The summed E-state index contributed by atoms with van der Waals surface area (Å²) in [6.45, 7) is 1.90. The lowest BCUT2D eigenvalue weighted by Gasteiger charge is -2.46. The second kappa shape index (κ2) is 6.01. The van der Waals surface area contributed by atoms with E-state index in [4.69, 9.17) is 0 Å². The zero-order chi connectivity index (χ0) is 14.9. The van der Waals surface area contributed by atoms with E-state index in [0.29, 0.717) is 0 Å². The minimum atomic E-state index is -0.950. The third-order valence-electron chi connectivity index (χ3n) is 5.24. The van der Waals surface area contributed by atoms with Crippen LogP contribution in [0.2, 0.25) is 0 Å². The predicted octanol–water partition coefficient (Wildman–Crippen LogP) is 3.80. The first kappa shape index (κ1) is 14.9. The number of benzene rings is 1. The molecule has 2 aliphatic rings. The van der Waals surface area contributed by atoms with Gasteiger partial charge in [0.2, 0.25) is 0 Å². The fourth-order valence-corrected chi connectivity index (χ4v) is 4.11. The van der Waals surface area contributed by atoms with E-state index < -0.39 is 23.3 Å². The molecule has 1 heterocycles. The first-order valence-corrected chi connectivity index (χ1v) is 8.02. The first-order valence-electron chi connectivity index (χ1n) is 8.02. The smallest absolute Gasteiger partial charge is 0.164 e. The van der Waals surface area contributed by atoms with Gasteiger partial charge in [-0.3, -0.25) is 4.90 Å². The van der Waals surface area contributed by atoms with E-state index in [-0.39, 0.29) is 5.56 Å². The zero-order valence-electron chi connectivity index (χ0n) is 12.3. The van der Waals surface area contributed by atoms with Gasteiger partial charge in [-0.15, -0.1) is 0 Å². The van der Waals surface area contributed by atoms with Crippen molar-refractivity contribution in [3.63, 3.8) is 0 Å². The van der Waals surface area contributed by atoms with Crippen LogP contribution in [0.25, 0.3) is 0 Å². The lowest BCUT2D eigenvalue weighted by molar-refractivity contribution is -0.0422. The lowest BCUT2D eigenvalue weighted by atomic mass is 9.82. The number of aliphatic hydroxyl groups excluding tert-OH is 1. The van der Waals surface area contributed by atoms with E-state index in [1.54, 1.807) is 0 Å². The van der Waals surface area contributed by atoms with Crippen LogP contribution < -0.4 is 0 Å². The van der Waals surface area contributed by atoms with Gasteiger partial charge >= 0.3 is 0 Å². The number of hydrogen-bond acceptors (Lipinski definition) is 2. The summed E-state index contributed by atoms with van der Waals surface area (Å²) in [5.41, 5.74) is -0.294. The number of likely N-dealkylation sites (tertiary alicyclic amines) is 1. The molecule has 4 heteroatoms. The highest BCUT2D eigenvalue weighted by Crippen LogP contribution is 2.46. The second-order valence-corrected chi connectivity index (χ2v) is 6.40. The quantitative estimate of drug-likeness (QED) is 0.917. The van der Waals surface area contributed by atoms with Crippen LogP contribution in [-0.2, 0) is 0 Å². The highest BCUT2D eigenvalue weighted by atomic mass is 19.2. The van der Waals surface area contributed by atoms with Crippen LogP contribution in [0.15, 0.2) is 18.2 Å². The topological polar surface area (TPSA) is 23.5 Å². The Labute approximate surface area is 124 Å². The van der Waals surface area contributed by atoms with Gasteiger partial charge in [0.05, 0.1) is 5.54 Å². The van der Waals surface area contributed by atoms with E-state index in [9.17, 15) is 13.9 Å². The normalized spacial score (nSPS) is 24.1. The largest absolute Gasteiger partial charge is 0.386 e. The second-order valence-electron chi connectivity index (χ2n) is 6.40. The molecule has 1 N–H and O–H groups in total. The average Bonchev–Trinajstić information content (AvgIpc) is 3.01. The van der Waals surface area contributed by atoms with Gasteiger partial charge in [0.25, 0.3) is 0 Å². The Kier molecular flexibility index (Phi) is 4.27. The lowest BCUT2D eigenvalue weighted by Crippen LogP contribution is -2.53. The summed E-state index contributed by atoms with van der Waals surface area (Å²) in [7, 11) is 0. The molecule has 3 rings (SSSR count). The predicted molar refractivity (Wildman–Crippen MR) is 77.9 cm³/mol.